The number of likely N-dealkylation sites (N-methyl/N-ethyl adjacent to an activating group) is 1. The Morgan fingerprint density at radius 3 is 2.75 bits per heavy atom. The van der Waals surface area contributed by atoms with Crippen molar-refractivity contribution in [2.45, 2.75) is 33.4 Å². The van der Waals surface area contributed by atoms with E-state index >= 15 is 0 Å². The fourth-order valence-electron chi connectivity index (χ4n) is 2.71. The molecule has 1 aromatic rings. The lowest BCUT2D eigenvalue weighted by atomic mass is 10.2. The van der Waals surface area contributed by atoms with Crippen LogP contribution in [0.4, 0.5) is 0 Å². The van der Waals surface area contributed by atoms with E-state index in [0.717, 1.165) is 39.3 Å². The maximum atomic E-state index is 6.06. The zero-order valence-corrected chi connectivity index (χ0v) is 12.8. The molecule has 0 spiro atoms. The summed E-state index contributed by atoms with van der Waals surface area (Å²) in [5, 5.41) is 0. The van der Waals surface area contributed by atoms with Crippen molar-refractivity contribution in [2.24, 2.45) is 10.7 Å². The van der Waals surface area contributed by atoms with Gasteiger partial charge in [0.05, 0.1) is 30.8 Å². The van der Waals surface area contributed by atoms with Gasteiger partial charge in [-0.15, -0.1) is 0 Å². The number of hydrogen-bond acceptors (Lipinski definition) is 5. The molecule has 0 saturated carbocycles. The summed E-state index contributed by atoms with van der Waals surface area (Å²) in [7, 11) is 0. The predicted molar refractivity (Wildman–Crippen MR) is 81.6 cm³/mol. The summed E-state index contributed by atoms with van der Waals surface area (Å²) in [4.78, 5) is 13.3. The number of aliphatic imine (C=N–C) groups is 1. The number of nitrogens with two attached hydrogens (primary N) is 1. The van der Waals surface area contributed by atoms with E-state index in [-0.39, 0.29) is 6.04 Å². The van der Waals surface area contributed by atoms with E-state index in [1.165, 1.54) is 5.69 Å². The van der Waals surface area contributed by atoms with Gasteiger partial charge in [0.25, 0.3) is 0 Å². The Morgan fingerprint density at radius 2 is 2.10 bits per heavy atom. The average Bonchev–Trinajstić information content (AvgIpc) is 3.06. The van der Waals surface area contributed by atoms with E-state index in [0.29, 0.717) is 5.96 Å². The summed E-state index contributed by atoms with van der Waals surface area (Å²) < 4.78 is 2.17. The Morgan fingerprint density at radius 1 is 1.35 bits per heavy atom. The minimum atomic E-state index is 0.230. The summed E-state index contributed by atoms with van der Waals surface area (Å²) >= 11 is 0. The van der Waals surface area contributed by atoms with E-state index in [4.69, 9.17) is 5.73 Å². The maximum Gasteiger partial charge on any atom is 0.192 e. The van der Waals surface area contributed by atoms with Gasteiger partial charge in [-0.3, -0.25) is 4.99 Å². The van der Waals surface area contributed by atoms with Crippen molar-refractivity contribution in [2.75, 3.05) is 32.7 Å². The molecule has 1 aliphatic heterocycles. The van der Waals surface area contributed by atoms with E-state index in [2.05, 4.69) is 45.1 Å². The van der Waals surface area contributed by atoms with Crippen LogP contribution >= 0.6 is 0 Å². The molecule has 0 bridgehead atoms. The van der Waals surface area contributed by atoms with Crippen LogP contribution in [0.3, 0.4) is 0 Å². The van der Waals surface area contributed by atoms with Gasteiger partial charge in [0, 0.05) is 19.6 Å². The van der Waals surface area contributed by atoms with Crippen molar-refractivity contribution >= 4 is 5.96 Å². The highest BCUT2D eigenvalue weighted by molar-refractivity contribution is 5.80. The molecule has 6 heteroatoms. The van der Waals surface area contributed by atoms with Crippen molar-refractivity contribution in [1.82, 2.24) is 19.4 Å². The normalized spacial score (nSPS) is 18.9. The van der Waals surface area contributed by atoms with Crippen molar-refractivity contribution < 1.29 is 0 Å². The summed E-state index contributed by atoms with van der Waals surface area (Å²) in [6.07, 6.45) is 3.82. The lowest BCUT2D eigenvalue weighted by molar-refractivity contribution is 0.245. The predicted octanol–water partition coefficient (Wildman–Crippen LogP) is 0.916. The van der Waals surface area contributed by atoms with Crippen molar-refractivity contribution in [1.29, 1.82) is 0 Å². The molecule has 0 amide bonds. The standard InChI is InChI=1S/C14H26N6/c1-4-18(5-2)7-8-20-13(10-17-14(20)15)12-9-16-11-19(12)6-3/h9,11,13H,4-8,10H2,1-3H3,(H2,15,17). The maximum absolute atomic E-state index is 6.06. The van der Waals surface area contributed by atoms with Crippen LogP contribution in [0.1, 0.15) is 32.5 Å². The average molecular weight is 278 g/mol. The van der Waals surface area contributed by atoms with Gasteiger partial charge in [0.1, 0.15) is 0 Å². The summed E-state index contributed by atoms with van der Waals surface area (Å²) in [5.41, 5.74) is 7.27. The van der Waals surface area contributed by atoms with Crippen molar-refractivity contribution in [3.05, 3.63) is 18.2 Å². The Kier molecular flexibility index (Phi) is 5.00. The minimum Gasteiger partial charge on any atom is -0.370 e. The van der Waals surface area contributed by atoms with E-state index in [1.807, 2.05) is 12.5 Å². The summed E-state index contributed by atoms with van der Waals surface area (Å²) in [5.74, 6) is 0.658. The zero-order valence-electron chi connectivity index (χ0n) is 12.8. The van der Waals surface area contributed by atoms with Crippen LogP contribution in [0, 0.1) is 0 Å². The number of nitrogens with zero attached hydrogens (tertiary/aromatic N) is 5. The second kappa shape index (κ2) is 6.74. The number of imidazole rings is 1. The van der Waals surface area contributed by atoms with Gasteiger partial charge in [-0.1, -0.05) is 13.8 Å². The highest BCUT2D eigenvalue weighted by atomic mass is 15.3. The second-order valence-corrected chi connectivity index (χ2v) is 5.04. The third-order valence-electron chi connectivity index (χ3n) is 4.07. The first-order chi connectivity index (χ1) is 9.71. The molecule has 0 fully saturated rings. The summed E-state index contributed by atoms with van der Waals surface area (Å²) in [6.45, 7) is 12.2. The van der Waals surface area contributed by atoms with Gasteiger partial charge >= 0.3 is 0 Å². The number of aromatic nitrogens is 2. The smallest absolute Gasteiger partial charge is 0.192 e. The molecule has 2 rings (SSSR count). The molecule has 6 nitrogen and oxygen atoms in total. The highest BCUT2D eigenvalue weighted by Crippen LogP contribution is 2.25. The Labute approximate surface area is 121 Å². The third kappa shape index (κ3) is 2.95. The van der Waals surface area contributed by atoms with Crippen LogP contribution in [0.15, 0.2) is 17.5 Å². The van der Waals surface area contributed by atoms with Gasteiger partial charge in [0.2, 0.25) is 0 Å². The fraction of sp³-hybridized carbons (Fsp3) is 0.714. The van der Waals surface area contributed by atoms with Gasteiger partial charge in [-0.25, -0.2) is 4.98 Å². The van der Waals surface area contributed by atoms with Crippen LogP contribution in [-0.4, -0.2) is 58.0 Å². The van der Waals surface area contributed by atoms with Crippen LogP contribution in [-0.2, 0) is 6.54 Å². The van der Waals surface area contributed by atoms with Crippen LogP contribution in [0.2, 0.25) is 0 Å². The summed E-state index contributed by atoms with van der Waals surface area (Å²) in [6, 6.07) is 0.230. The molecule has 0 aliphatic carbocycles. The van der Waals surface area contributed by atoms with E-state index in [9.17, 15) is 0 Å². The lowest BCUT2D eigenvalue weighted by Gasteiger charge is -2.29. The van der Waals surface area contributed by atoms with E-state index in [1.54, 1.807) is 0 Å². The van der Waals surface area contributed by atoms with Crippen molar-refractivity contribution in [3.63, 3.8) is 0 Å². The van der Waals surface area contributed by atoms with Crippen molar-refractivity contribution in [3.8, 4) is 0 Å². The molecule has 2 heterocycles. The molecule has 1 atom stereocenters. The molecule has 1 aliphatic rings. The molecule has 0 saturated heterocycles. The zero-order chi connectivity index (χ0) is 14.5. The number of aryl methyl sites for hydroxylation is 1. The minimum absolute atomic E-state index is 0.230. The lowest BCUT2D eigenvalue weighted by Crippen LogP contribution is -2.42. The van der Waals surface area contributed by atoms with Gasteiger partial charge in [-0.2, -0.15) is 0 Å². The Hall–Kier alpha value is -1.56. The molecule has 1 aromatic heterocycles. The largest absolute Gasteiger partial charge is 0.370 e. The van der Waals surface area contributed by atoms with Gasteiger partial charge < -0.3 is 20.1 Å². The second-order valence-electron chi connectivity index (χ2n) is 5.04. The third-order valence-corrected chi connectivity index (χ3v) is 4.07. The fourth-order valence-corrected chi connectivity index (χ4v) is 2.71. The first kappa shape index (κ1) is 14.8. The molecule has 112 valence electrons. The highest BCUT2D eigenvalue weighted by Gasteiger charge is 2.29. The molecule has 20 heavy (non-hydrogen) atoms. The Bertz CT molecular complexity index is 448. The number of rotatable bonds is 7. The first-order valence-electron chi connectivity index (χ1n) is 7.50. The molecule has 1 unspecified atom stereocenters. The molecular formula is C14H26N6. The van der Waals surface area contributed by atoms with Crippen LogP contribution in [0.5, 0.6) is 0 Å². The topological polar surface area (TPSA) is 62.7 Å². The van der Waals surface area contributed by atoms with Gasteiger partial charge in [-0.05, 0) is 20.0 Å². The monoisotopic (exact) mass is 278 g/mol. The van der Waals surface area contributed by atoms with Crippen LogP contribution in [0.25, 0.3) is 0 Å². The molecular weight excluding hydrogens is 252 g/mol. The molecule has 0 aromatic carbocycles. The number of guanidine groups is 1. The SMILES string of the molecule is CCN(CC)CCN1C(N)=NCC1c1cncn1CC. The molecule has 0 radical (unpaired) electrons. The van der Waals surface area contributed by atoms with Crippen LogP contribution < -0.4 is 5.73 Å². The van der Waals surface area contributed by atoms with Gasteiger partial charge in [0.15, 0.2) is 5.96 Å². The Balaban J connectivity index is 2.06. The number of hydrogen-bond donors (Lipinski definition) is 1. The first-order valence-corrected chi connectivity index (χ1v) is 7.50. The molecule has 2 N–H and O–H groups in total. The quantitative estimate of drug-likeness (QED) is 0.805. The van der Waals surface area contributed by atoms with E-state index < -0.39 is 0 Å².